The monoisotopic (exact) mass is 248 g/mol. The quantitative estimate of drug-likeness (QED) is 0.879. The zero-order valence-electron chi connectivity index (χ0n) is 10.7. The number of rotatable bonds is 4. The maximum Gasteiger partial charge on any atom is 0.233 e. The molecule has 0 aliphatic heterocycles. The van der Waals surface area contributed by atoms with Crippen LogP contribution in [0.25, 0.3) is 11.4 Å². The molecule has 0 saturated heterocycles. The number of aromatic nitrogens is 3. The first-order chi connectivity index (χ1) is 8.56. The SMILES string of the molecule is COc1ccc(-c2noc(C(C)(C)CN)n2)cn1. The highest BCUT2D eigenvalue weighted by atomic mass is 16.5. The molecule has 2 aromatic rings. The van der Waals surface area contributed by atoms with E-state index in [1.807, 2.05) is 19.9 Å². The van der Waals surface area contributed by atoms with E-state index in [1.54, 1.807) is 19.4 Å². The maximum atomic E-state index is 5.67. The molecule has 0 bridgehead atoms. The average molecular weight is 248 g/mol. The third-order valence-electron chi connectivity index (χ3n) is 2.72. The molecule has 2 N–H and O–H groups in total. The van der Waals surface area contributed by atoms with Gasteiger partial charge < -0.3 is 15.0 Å². The first-order valence-corrected chi connectivity index (χ1v) is 5.61. The second kappa shape index (κ2) is 4.73. The van der Waals surface area contributed by atoms with Gasteiger partial charge in [0, 0.05) is 24.4 Å². The van der Waals surface area contributed by atoms with E-state index < -0.39 is 0 Å². The van der Waals surface area contributed by atoms with Crippen LogP contribution in [0.3, 0.4) is 0 Å². The fourth-order valence-corrected chi connectivity index (χ4v) is 1.34. The Balaban J connectivity index is 2.29. The molecule has 2 rings (SSSR count). The number of nitrogens with two attached hydrogens (primary N) is 1. The maximum absolute atomic E-state index is 5.67. The number of pyridine rings is 1. The van der Waals surface area contributed by atoms with Crippen LogP contribution in [-0.2, 0) is 5.41 Å². The predicted molar refractivity (Wildman–Crippen MR) is 66.2 cm³/mol. The Morgan fingerprint density at radius 1 is 1.39 bits per heavy atom. The van der Waals surface area contributed by atoms with Crippen molar-refractivity contribution < 1.29 is 9.26 Å². The number of hydrogen-bond donors (Lipinski definition) is 1. The third-order valence-corrected chi connectivity index (χ3v) is 2.72. The molecule has 0 aliphatic carbocycles. The van der Waals surface area contributed by atoms with Crippen molar-refractivity contribution in [2.75, 3.05) is 13.7 Å². The standard InChI is InChI=1S/C12H16N4O2/c1-12(2,7-13)11-15-10(16-18-11)8-4-5-9(17-3)14-6-8/h4-6H,7,13H2,1-3H3. The number of hydrogen-bond acceptors (Lipinski definition) is 6. The third kappa shape index (κ3) is 2.33. The Labute approximate surface area is 105 Å². The van der Waals surface area contributed by atoms with E-state index in [0.29, 0.717) is 24.1 Å². The summed E-state index contributed by atoms with van der Waals surface area (Å²) in [4.78, 5) is 8.44. The lowest BCUT2D eigenvalue weighted by atomic mass is 9.94. The van der Waals surface area contributed by atoms with Gasteiger partial charge in [0.25, 0.3) is 0 Å². The summed E-state index contributed by atoms with van der Waals surface area (Å²) < 4.78 is 10.2. The molecular formula is C12H16N4O2. The van der Waals surface area contributed by atoms with Gasteiger partial charge in [0.2, 0.25) is 17.6 Å². The fourth-order valence-electron chi connectivity index (χ4n) is 1.34. The Morgan fingerprint density at radius 2 is 2.17 bits per heavy atom. The van der Waals surface area contributed by atoms with Gasteiger partial charge in [-0.25, -0.2) is 4.98 Å². The molecule has 0 aliphatic rings. The summed E-state index contributed by atoms with van der Waals surface area (Å²) in [5.41, 5.74) is 6.12. The van der Waals surface area contributed by atoms with Crippen LogP contribution in [0.1, 0.15) is 19.7 Å². The highest BCUT2D eigenvalue weighted by Crippen LogP contribution is 2.23. The smallest absolute Gasteiger partial charge is 0.233 e. The minimum Gasteiger partial charge on any atom is -0.481 e. The van der Waals surface area contributed by atoms with Crippen LogP contribution >= 0.6 is 0 Å². The molecule has 0 radical (unpaired) electrons. The van der Waals surface area contributed by atoms with Crippen molar-refractivity contribution in [3.63, 3.8) is 0 Å². The van der Waals surface area contributed by atoms with Gasteiger partial charge in [-0.15, -0.1) is 0 Å². The Morgan fingerprint density at radius 3 is 2.72 bits per heavy atom. The summed E-state index contributed by atoms with van der Waals surface area (Å²) in [6, 6.07) is 3.58. The van der Waals surface area contributed by atoms with E-state index in [9.17, 15) is 0 Å². The van der Waals surface area contributed by atoms with Gasteiger partial charge in [-0.2, -0.15) is 4.98 Å². The van der Waals surface area contributed by atoms with E-state index in [1.165, 1.54) is 0 Å². The summed E-state index contributed by atoms with van der Waals surface area (Å²) >= 11 is 0. The van der Waals surface area contributed by atoms with E-state index in [4.69, 9.17) is 15.0 Å². The summed E-state index contributed by atoms with van der Waals surface area (Å²) in [5, 5.41) is 3.93. The van der Waals surface area contributed by atoms with Gasteiger partial charge in [-0.3, -0.25) is 0 Å². The van der Waals surface area contributed by atoms with Gasteiger partial charge in [-0.05, 0) is 19.9 Å². The Bertz CT molecular complexity index is 519. The second-order valence-electron chi connectivity index (χ2n) is 4.60. The summed E-state index contributed by atoms with van der Waals surface area (Å²) in [5.74, 6) is 1.57. The summed E-state index contributed by atoms with van der Waals surface area (Å²) in [6.07, 6.45) is 1.64. The minimum atomic E-state index is -0.328. The van der Waals surface area contributed by atoms with Crippen molar-refractivity contribution in [1.82, 2.24) is 15.1 Å². The lowest BCUT2D eigenvalue weighted by molar-refractivity contribution is 0.311. The van der Waals surface area contributed by atoms with Crippen LogP contribution in [0.2, 0.25) is 0 Å². The molecule has 0 aromatic carbocycles. The fraction of sp³-hybridized carbons (Fsp3) is 0.417. The van der Waals surface area contributed by atoms with Crippen molar-refractivity contribution in [3.05, 3.63) is 24.2 Å². The van der Waals surface area contributed by atoms with Gasteiger partial charge in [0.05, 0.1) is 12.5 Å². The van der Waals surface area contributed by atoms with E-state index in [-0.39, 0.29) is 5.41 Å². The molecule has 6 nitrogen and oxygen atoms in total. The zero-order chi connectivity index (χ0) is 13.2. The Kier molecular flexibility index (Phi) is 3.29. The molecule has 0 spiro atoms. The van der Waals surface area contributed by atoms with Crippen molar-refractivity contribution in [1.29, 1.82) is 0 Å². The molecular weight excluding hydrogens is 232 g/mol. The molecule has 96 valence electrons. The summed E-state index contributed by atoms with van der Waals surface area (Å²) in [7, 11) is 1.57. The first kappa shape index (κ1) is 12.5. The topological polar surface area (TPSA) is 87.1 Å². The van der Waals surface area contributed by atoms with E-state index in [2.05, 4.69) is 15.1 Å². The largest absolute Gasteiger partial charge is 0.481 e. The predicted octanol–water partition coefficient (Wildman–Crippen LogP) is 1.38. The van der Waals surface area contributed by atoms with Crippen LogP contribution in [0.4, 0.5) is 0 Å². The number of methoxy groups -OCH3 is 1. The van der Waals surface area contributed by atoms with Crippen LogP contribution in [0, 0.1) is 0 Å². The molecule has 0 fully saturated rings. The lowest BCUT2D eigenvalue weighted by Crippen LogP contribution is -2.28. The molecule has 0 saturated carbocycles. The van der Waals surface area contributed by atoms with Crippen LogP contribution in [-0.4, -0.2) is 28.8 Å². The zero-order valence-corrected chi connectivity index (χ0v) is 10.7. The van der Waals surface area contributed by atoms with Crippen molar-refractivity contribution in [2.24, 2.45) is 5.73 Å². The van der Waals surface area contributed by atoms with E-state index in [0.717, 1.165) is 5.56 Å². The molecule has 2 aromatic heterocycles. The van der Waals surface area contributed by atoms with Crippen molar-refractivity contribution >= 4 is 0 Å². The lowest BCUT2D eigenvalue weighted by Gasteiger charge is -2.15. The van der Waals surface area contributed by atoms with Gasteiger partial charge >= 0.3 is 0 Å². The van der Waals surface area contributed by atoms with Gasteiger partial charge in [0.15, 0.2) is 0 Å². The van der Waals surface area contributed by atoms with Gasteiger partial charge in [-0.1, -0.05) is 5.16 Å². The number of nitrogens with zero attached hydrogens (tertiary/aromatic N) is 3. The second-order valence-corrected chi connectivity index (χ2v) is 4.60. The highest BCUT2D eigenvalue weighted by Gasteiger charge is 2.26. The molecule has 18 heavy (non-hydrogen) atoms. The van der Waals surface area contributed by atoms with E-state index >= 15 is 0 Å². The molecule has 2 heterocycles. The van der Waals surface area contributed by atoms with Gasteiger partial charge in [0.1, 0.15) is 0 Å². The molecule has 0 atom stereocenters. The first-order valence-electron chi connectivity index (χ1n) is 5.61. The average Bonchev–Trinajstić information content (AvgIpc) is 2.89. The molecule has 0 unspecified atom stereocenters. The van der Waals surface area contributed by atoms with Crippen LogP contribution < -0.4 is 10.5 Å². The van der Waals surface area contributed by atoms with Crippen molar-refractivity contribution in [3.8, 4) is 17.3 Å². The van der Waals surface area contributed by atoms with Crippen LogP contribution in [0.5, 0.6) is 5.88 Å². The minimum absolute atomic E-state index is 0.328. The summed E-state index contributed by atoms with van der Waals surface area (Å²) in [6.45, 7) is 4.35. The molecule has 0 amide bonds. The molecule has 6 heteroatoms. The van der Waals surface area contributed by atoms with Crippen molar-refractivity contribution in [2.45, 2.75) is 19.3 Å². The number of ether oxygens (including phenoxy) is 1. The van der Waals surface area contributed by atoms with Crippen LogP contribution in [0.15, 0.2) is 22.9 Å². The highest BCUT2D eigenvalue weighted by molar-refractivity contribution is 5.53. The normalized spacial score (nSPS) is 11.6. The Hall–Kier alpha value is -1.95.